The number of halogens is 1. The van der Waals surface area contributed by atoms with Crippen molar-refractivity contribution >= 4 is 29.3 Å². The average Bonchev–Trinajstić information content (AvgIpc) is 2.47. The minimum absolute atomic E-state index is 0.0527. The van der Waals surface area contributed by atoms with Crippen LogP contribution in [0, 0.1) is 5.82 Å². The lowest BCUT2D eigenvalue weighted by atomic mass is 10.3. The van der Waals surface area contributed by atoms with Gasteiger partial charge in [-0.1, -0.05) is 13.3 Å². The summed E-state index contributed by atoms with van der Waals surface area (Å²) in [4.78, 5) is 23.4. The summed E-state index contributed by atoms with van der Waals surface area (Å²) in [6, 6.07) is 5.57. The van der Waals surface area contributed by atoms with Crippen LogP contribution < -0.4 is 10.6 Å². The van der Waals surface area contributed by atoms with Gasteiger partial charge < -0.3 is 10.6 Å². The SMILES string of the molecule is CCCCNC(=O)C(C)SCC(=O)Nc1ccc(F)cc1. The highest BCUT2D eigenvalue weighted by atomic mass is 32.2. The highest BCUT2D eigenvalue weighted by Gasteiger charge is 2.14. The molecule has 4 nitrogen and oxygen atoms in total. The van der Waals surface area contributed by atoms with E-state index in [1.807, 2.05) is 0 Å². The highest BCUT2D eigenvalue weighted by Crippen LogP contribution is 2.13. The summed E-state index contributed by atoms with van der Waals surface area (Å²) in [6.45, 7) is 4.50. The van der Waals surface area contributed by atoms with Crippen LogP contribution in [0.3, 0.4) is 0 Å². The number of amides is 2. The first-order valence-electron chi connectivity index (χ1n) is 6.97. The van der Waals surface area contributed by atoms with Crippen LogP contribution in [-0.2, 0) is 9.59 Å². The first kappa shape index (κ1) is 17.5. The average molecular weight is 312 g/mol. The van der Waals surface area contributed by atoms with E-state index in [1.54, 1.807) is 6.92 Å². The summed E-state index contributed by atoms with van der Waals surface area (Å²) in [7, 11) is 0. The molecule has 0 fully saturated rings. The van der Waals surface area contributed by atoms with Crippen LogP contribution in [-0.4, -0.2) is 29.4 Å². The van der Waals surface area contributed by atoms with Gasteiger partial charge in [-0.25, -0.2) is 4.39 Å². The van der Waals surface area contributed by atoms with Crippen molar-refractivity contribution in [2.45, 2.75) is 31.9 Å². The topological polar surface area (TPSA) is 58.2 Å². The quantitative estimate of drug-likeness (QED) is 0.726. The maximum atomic E-state index is 12.7. The molecule has 1 aromatic carbocycles. The van der Waals surface area contributed by atoms with Gasteiger partial charge in [0.1, 0.15) is 5.82 Å². The number of carbonyl (C=O) groups excluding carboxylic acids is 2. The Morgan fingerprint density at radius 2 is 1.95 bits per heavy atom. The number of nitrogens with one attached hydrogen (secondary N) is 2. The van der Waals surface area contributed by atoms with Crippen molar-refractivity contribution in [1.29, 1.82) is 0 Å². The summed E-state index contributed by atoms with van der Waals surface area (Å²) in [5, 5.41) is 5.21. The molecule has 1 atom stereocenters. The zero-order chi connectivity index (χ0) is 15.7. The molecule has 0 aliphatic rings. The van der Waals surface area contributed by atoms with Crippen LogP contribution in [0.1, 0.15) is 26.7 Å². The number of anilines is 1. The third-order valence-electron chi connectivity index (χ3n) is 2.79. The molecule has 0 aliphatic carbocycles. The molecule has 0 saturated heterocycles. The molecule has 0 radical (unpaired) electrons. The van der Waals surface area contributed by atoms with Gasteiger partial charge in [-0.3, -0.25) is 9.59 Å². The first-order chi connectivity index (χ1) is 10.0. The van der Waals surface area contributed by atoms with Gasteiger partial charge in [-0.2, -0.15) is 0 Å². The third-order valence-corrected chi connectivity index (χ3v) is 3.93. The van der Waals surface area contributed by atoms with E-state index in [-0.39, 0.29) is 28.6 Å². The second kappa shape index (κ2) is 9.39. The van der Waals surface area contributed by atoms with Crippen LogP contribution in [0.5, 0.6) is 0 Å². The number of thioether (sulfide) groups is 1. The van der Waals surface area contributed by atoms with E-state index in [9.17, 15) is 14.0 Å². The van der Waals surface area contributed by atoms with Crippen molar-refractivity contribution in [3.05, 3.63) is 30.1 Å². The number of unbranched alkanes of at least 4 members (excludes halogenated alkanes) is 1. The molecule has 0 heterocycles. The number of hydrogen-bond donors (Lipinski definition) is 2. The molecule has 0 aliphatic heterocycles. The van der Waals surface area contributed by atoms with Crippen LogP contribution in [0.25, 0.3) is 0 Å². The normalized spacial score (nSPS) is 11.8. The first-order valence-corrected chi connectivity index (χ1v) is 8.02. The zero-order valence-corrected chi connectivity index (χ0v) is 13.1. The molecule has 2 N–H and O–H groups in total. The molecule has 0 bridgehead atoms. The minimum Gasteiger partial charge on any atom is -0.355 e. The molecule has 116 valence electrons. The third kappa shape index (κ3) is 7.13. The molecule has 0 aromatic heterocycles. The summed E-state index contributed by atoms with van der Waals surface area (Å²) in [5.74, 6) is -0.428. The van der Waals surface area contributed by atoms with E-state index in [2.05, 4.69) is 17.6 Å². The molecule has 0 spiro atoms. The molecule has 1 aromatic rings. The van der Waals surface area contributed by atoms with Gasteiger partial charge in [-0.05, 0) is 37.6 Å². The zero-order valence-electron chi connectivity index (χ0n) is 12.3. The monoisotopic (exact) mass is 312 g/mol. The second-order valence-corrected chi connectivity index (χ2v) is 5.98. The predicted octanol–water partition coefficient (Wildman–Crippen LogP) is 2.80. The maximum absolute atomic E-state index is 12.7. The van der Waals surface area contributed by atoms with Crippen molar-refractivity contribution in [3.8, 4) is 0 Å². The second-order valence-electron chi connectivity index (χ2n) is 4.65. The largest absolute Gasteiger partial charge is 0.355 e. The molecule has 0 saturated carbocycles. The Balaban J connectivity index is 2.28. The van der Waals surface area contributed by atoms with Crippen molar-refractivity contribution in [2.24, 2.45) is 0 Å². The van der Waals surface area contributed by atoms with E-state index in [1.165, 1.54) is 36.0 Å². The van der Waals surface area contributed by atoms with Gasteiger partial charge in [0.25, 0.3) is 0 Å². The highest BCUT2D eigenvalue weighted by molar-refractivity contribution is 8.01. The Bertz CT molecular complexity index is 465. The van der Waals surface area contributed by atoms with Crippen molar-refractivity contribution in [3.63, 3.8) is 0 Å². The van der Waals surface area contributed by atoms with Crippen LogP contribution >= 0.6 is 11.8 Å². The Morgan fingerprint density at radius 1 is 1.29 bits per heavy atom. The van der Waals surface area contributed by atoms with Crippen molar-refractivity contribution in [2.75, 3.05) is 17.6 Å². The fourth-order valence-corrected chi connectivity index (χ4v) is 2.25. The van der Waals surface area contributed by atoms with E-state index in [0.29, 0.717) is 12.2 Å². The lowest BCUT2D eigenvalue weighted by Gasteiger charge is -2.11. The smallest absolute Gasteiger partial charge is 0.234 e. The lowest BCUT2D eigenvalue weighted by Crippen LogP contribution is -2.32. The lowest BCUT2D eigenvalue weighted by molar-refractivity contribution is -0.120. The Hall–Kier alpha value is -1.56. The van der Waals surface area contributed by atoms with E-state index < -0.39 is 0 Å². The van der Waals surface area contributed by atoms with Gasteiger partial charge >= 0.3 is 0 Å². The minimum atomic E-state index is -0.347. The molecule has 21 heavy (non-hydrogen) atoms. The van der Waals surface area contributed by atoms with E-state index in [4.69, 9.17) is 0 Å². The Morgan fingerprint density at radius 3 is 2.57 bits per heavy atom. The molecule has 6 heteroatoms. The predicted molar refractivity (Wildman–Crippen MR) is 84.9 cm³/mol. The van der Waals surface area contributed by atoms with E-state index >= 15 is 0 Å². The van der Waals surface area contributed by atoms with Gasteiger partial charge in [0, 0.05) is 12.2 Å². The van der Waals surface area contributed by atoms with Crippen LogP contribution in [0.2, 0.25) is 0 Å². The molecule has 1 rings (SSSR count). The summed E-state index contributed by atoms with van der Waals surface area (Å²) in [6.07, 6.45) is 1.98. The van der Waals surface area contributed by atoms with E-state index in [0.717, 1.165) is 12.8 Å². The summed E-state index contributed by atoms with van der Waals surface area (Å²) in [5.41, 5.74) is 0.544. The molecule has 1 unspecified atom stereocenters. The van der Waals surface area contributed by atoms with Crippen molar-refractivity contribution < 1.29 is 14.0 Å². The van der Waals surface area contributed by atoms with Gasteiger partial charge in [-0.15, -0.1) is 11.8 Å². The Kier molecular flexibility index (Phi) is 7.82. The molecular formula is C15H21FN2O2S. The summed E-state index contributed by atoms with van der Waals surface area (Å²) >= 11 is 1.27. The van der Waals surface area contributed by atoms with Gasteiger partial charge in [0.05, 0.1) is 11.0 Å². The standard InChI is InChI=1S/C15H21FN2O2S/c1-3-4-9-17-15(20)11(2)21-10-14(19)18-13-7-5-12(16)6-8-13/h5-8,11H,3-4,9-10H2,1-2H3,(H,17,20)(H,18,19). The fourth-order valence-electron chi connectivity index (χ4n) is 1.54. The Labute approximate surface area is 128 Å². The number of benzene rings is 1. The molecule has 2 amide bonds. The number of hydrogen-bond acceptors (Lipinski definition) is 3. The van der Waals surface area contributed by atoms with Crippen molar-refractivity contribution in [1.82, 2.24) is 5.32 Å². The molecular weight excluding hydrogens is 291 g/mol. The van der Waals surface area contributed by atoms with Crippen LogP contribution in [0.15, 0.2) is 24.3 Å². The van der Waals surface area contributed by atoms with Gasteiger partial charge in [0.15, 0.2) is 0 Å². The summed E-state index contributed by atoms with van der Waals surface area (Å²) < 4.78 is 12.7. The van der Waals surface area contributed by atoms with Gasteiger partial charge in [0.2, 0.25) is 11.8 Å². The maximum Gasteiger partial charge on any atom is 0.234 e. The number of rotatable bonds is 8. The van der Waals surface area contributed by atoms with Crippen LogP contribution in [0.4, 0.5) is 10.1 Å². The number of carbonyl (C=O) groups is 2. The fraction of sp³-hybridized carbons (Fsp3) is 0.467.